The zero-order chi connectivity index (χ0) is 22.2. The van der Waals surface area contributed by atoms with Crippen LogP contribution in [0.2, 0.25) is 0 Å². The van der Waals surface area contributed by atoms with Crippen LogP contribution in [-0.4, -0.2) is 25.4 Å². The maximum Gasteiger partial charge on any atom is 0.356 e. The van der Waals surface area contributed by atoms with Crippen molar-refractivity contribution in [2.24, 2.45) is 4.36 Å². The van der Waals surface area contributed by atoms with E-state index in [1.165, 1.54) is 6.07 Å². The number of aryl methyl sites for hydroxylation is 1. The van der Waals surface area contributed by atoms with Crippen LogP contribution < -0.4 is 10.9 Å². The molecule has 0 spiro atoms. The molecule has 3 heterocycles. The molecule has 156 valence electrons. The lowest BCUT2D eigenvalue weighted by Gasteiger charge is -2.15. The Balaban J connectivity index is 1.81. The summed E-state index contributed by atoms with van der Waals surface area (Å²) in [6.45, 7) is 1.85. The molecule has 5 aromatic rings. The van der Waals surface area contributed by atoms with Crippen molar-refractivity contribution >= 4 is 45.9 Å². The van der Waals surface area contributed by atoms with Crippen molar-refractivity contribution in [3.63, 3.8) is 0 Å². The molecule has 0 radical (unpaired) electrons. The third-order valence-corrected chi connectivity index (χ3v) is 5.44. The van der Waals surface area contributed by atoms with Crippen LogP contribution in [-0.2, 0) is 12.4 Å². The van der Waals surface area contributed by atoms with Crippen molar-refractivity contribution in [3.05, 3.63) is 89.1 Å². The van der Waals surface area contributed by atoms with Crippen LogP contribution in [0.4, 0.5) is 10.5 Å². The van der Waals surface area contributed by atoms with Crippen LogP contribution in [0.3, 0.4) is 0 Å². The van der Waals surface area contributed by atoms with Crippen molar-refractivity contribution in [1.29, 1.82) is 0 Å². The Morgan fingerprint density at radius 1 is 1.09 bits per heavy atom. The Bertz CT molecular complexity index is 1570. The molecule has 0 aliphatic heterocycles. The number of hydrogen-bond acceptors (Lipinski definition) is 5. The minimum Gasteiger partial charge on any atom is -0.305 e. The molecular weight excluding hydrogens is 424 g/mol. The minimum atomic E-state index is -0.635. The Morgan fingerprint density at radius 2 is 1.94 bits per heavy atom. The van der Waals surface area contributed by atoms with Crippen LogP contribution in [0, 0.1) is 6.92 Å². The molecule has 0 unspecified atom stereocenters. The smallest absolute Gasteiger partial charge is 0.305 e. The summed E-state index contributed by atoms with van der Waals surface area (Å²) in [6.07, 6.45) is 5.30. The summed E-state index contributed by atoms with van der Waals surface area (Å²) >= 11 is 4.47. The molecule has 0 atom stereocenters. The van der Waals surface area contributed by atoms with Gasteiger partial charge in [-0.2, -0.15) is 5.10 Å². The van der Waals surface area contributed by atoms with E-state index in [9.17, 15) is 9.59 Å². The Hall–Kier alpha value is -4.24. The van der Waals surface area contributed by atoms with Crippen molar-refractivity contribution < 1.29 is 4.79 Å². The predicted octanol–water partition coefficient (Wildman–Crippen LogP) is 4.30. The second kappa shape index (κ2) is 7.78. The molecule has 8 nitrogen and oxygen atoms in total. The lowest BCUT2D eigenvalue weighted by atomic mass is 10.1. The maximum absolute atomic E-state index is 13.1. The number of anilines is 1. The molecule has 1 N–H and O–H groups in total. The fraction of sp³-hybridized carbons (Fsp3) is 0.0435. The number of nitrogens with zero attached hydrogens (tertiary/aromatic N) is 5. The van der Waals surface area contributed by atoms with Crippen LogP contribution in [0.25, 0.3) is 33.2 Å². The molecule has 0 bridgehead atoms. The van der Waals surface area contributed by atoms with Crippen molar-refractivity contribution in [2.45, 2.75) is 6.92 Å². The summed E-state index contributed by atoms with van der Waals surface area (Å²) in [5, 5.41) is 8.56. The number of pyridine rings is 2. The van der Waals surface area contributed by atoms with E-state index < -0.39 is 6.03 Å². The van der Waals surface area contributed by atoms with Gasteiger partial charge in [0, 0.05) is 53.5 Å². The van der Waals surface area contributed by atoms with Gasteiger partial charge < -0.3 is 5.32 Å². The first-order chi connectivity index (χ1) is 15.5. The number of rotatable bonds is 3. The van der Waals surface area contributed by atoms with E-state index in [1.807, 2.05) is 49.5 Å². The fourth-order valence-electron chi connectivity index (χ4n) is 3.74. The van der Waals surface area contributed by atoms with Gasteiger partial charge in [0.25, 0.3) is 5.56 Å². The number of amides is 2. The summed E-state index contributed by atoms with van der Waals surface area (Å²) in [4.78, 5) is 29.3. The highest BCUT2D eigenvalue weighted by Gasteiger charge is 2.13. The first-order valence-corrected chi connectivity index (χ1v) is 10.1. The summed E-state index contributed by atoms with van der Waals surface area (Å²) in [7, 11) is 0. The molecule has 5 rings (SSSR count). The molecule has 9 heteroatoms. The van der Waals surface area contributed by atoms with E-state index in [-0.39, 0.29) is 5.56 Å². The third-order valence-electron chi connectivity index (χ3n) is 5.27. The van der Waals surface area contributed by atoms with E-state index >= 15 is 0 Å². The van der Waals surface area contributed by atoms with Gasteiger partial charge in [0.1, 0.15) is 0 Å². The van der Waals surface area contributed by atoms with Crippen LogP contribution in [0.1, 0.15) is 5.56 Å². The van der Waals surface area contributed by atoms with Crippen LogP contribution in [0.5, 0.6) is 0 Å². The Kier molecular flexibility index (Phi) is 4.79. The van der Waals surface area contributed by atoms with E-state index in [0.717, 1.165) is 27.5 Å². The van der Waals surface area contributed by atoms with E-state index in [1.54, 1.807) is 33.8 Å². The average Bonchev–Trinajstić information content (AvgIpc) is 3.35. The molecule has 2 amide bonds. The lowest BCUT2D eigenvalue weighted by Crippen LogP contribution is -2.18. The lowest BCUT2D eigenvalue weighted by molar-refractivity contribution is 0.260. The van der Waals surface area contributed by atoms with Gasteiger partial charge in [-0.05, 0) is 55.0 Å². The maximum atomic E-state index is 13.1. The molecule has 32 heavy (non-hydrogen) atoms. The van der Waals surface area contributed by atoms with Gasteiger partial charge in [-0.3, -0.25) is 14.3 Å². The van der Waals surface area contributed by atoms with Gasteiger partial charge in [-0.25, -0.2) is 9.48 Å². The minimum absolute atomic E-state index is 0.205. The number of nitrogens with one attached hydrogen (secondary N) is 1. The number of carbonyl (C=O) groups excluding carboxylic acids is 1. The molecular formula is C23H16N6O2S. The number of urea groups is 1. The fourth-order valence-corrected chi connectivity index (χ4v) is 3.79. The molecule has 0 saturated heterocycles. The second-order valence-corrected chi connectivity index (χ2v) is 7.42. The normalized spacial score (nSPS) is 11.0. The first kappa shape index (κ1) is 19.7. The quantitative estimate of drug-likeness (QED) is 0.422. The number of hydrogen-bond donors (Lipinski definition) is 1. The van der Waals surface area contributed by atoms with Gasteiger partial charge in [0.05, 0.1) is 22.4 Å². The first-order valence-electron chi connectivity index (χ1n) is 9.75. The third kappa shape index (κ3) is 3.34. The number of benzene rings is 2. The SMILES string of the molecule is Cc1ccc(-n2c(=O)ccc3cnc4ccc(-n5cccn5)cc4c32)cc1NC(=O)N=S. The van der Waals surface area contributed by atoms with E-state index in [4.69, 9.17) is 0 Å². The monoisotopic (exact) mass is 440 g/mol. The molecule has 0 aliphatic rings. The summed E-state index contributed by atoms with van der Waals surface area (Å²) in [5.41, 5.74) is 4.06. The van der Waals surface area contributed by atoms with Gasteiger partial charge in [0.2, 0.25) is 0 Å². The zero-order valence-electron chi connectivity index (χ0n) is 16.9. The largest absolute Gasteiger partial charge is 0.356 e. The summed E-state index contributed by atoms with van der Waals surface area (Å²) in [5.74, 6) is 0. The summed E-state index contributed by atoms with van der Waals surface area (Å²) in [6, 6.07) is 15.7. The highest BCUT2D eigenvalue weighted by Crippen LogP contribution is 2.28. The summed E-state index contributed by atoms with van der Waals surface area (Å²) < 4.78 is 6.59. The average molecular weight is 440 g/mol. The highest BCUT2D eigenvalue weighted by molar-refractivity contribution is 7.47. The number of carbonyl (C=O) groups is 1. The van der Waals surface area contributed by atoms with Crippen LogP contribution >= 0.6 is 0 Å². The molecule has 2 aromatic carbocycles. The van der Waals surface area contributed by atoms with Gasteiger partial charge in [0.15, 0.2) is 0 Å². The molecule has 3 aromatic heterocycles. The van der Waals surface area contributed by atoms with Gasteiger partial charge in [-0.1, -0.05) is 6.07 Å². The highest BCUT2D eigenvalue weighted by atomic mass is 32.1. The Morgan fingerprint density at radius 3 is 2.72 bits per heavy atom. The van der Waals surface area contributed by atoms with Crippen LogP contribution in [0.15, 0.2) is 82.3 Å². The molecule has 0 fully saturated rings. The zero-order valence-corrected chi connectivity index (χ0v) is 17.7. The van der Waals surface area contributed by atoms with E-state index in [2.05, 4.69) is 32.2 Å². The van der Waals surface area contributed by atoms with Crippen molar-refractivity contribution in [1.82, 2.24) is 19.3 Å². The van der Waals surface area contributed by atoms with E-state index in [0.29, 0.717) is 16.9 Å². The van der Waals surface area contributed by atoms with Crippen molar-refractivity contribution in [2.75, 3.05) is 5.32 Å². The number of fused-ring (bicyclic) bond motifs is 3. The molecule has 0 aliphatic carbocycles. The van der Waals surface area contributed by atoms with Crippen molar-refractivity contribution in [3.8, 4) is 11.4 Å². The standard InChI is InChI=1S/C23H16N6O2S/c1-14-3-5-17(12-20(14)26-23(31)27-32)29-21(30)8-4-15-13-24-19-7-6-16(11-18(19)22(15)29)28-10-2-9-25-28/h2-13H,1H3,(H,26,31). The molecule has 0 saturated carbocycles. The number of aromatic nitrogens is 4. The second-order valence-electron chi connectivity index (χ2n) is 7.24. The Labute approximate surface area is 187 Å². The topological polar surface area (TPSA) is 94.2 Å². The van der Waals surface area contributed by atoms with Gasteiger partial charge in [-0.15, -0.1) is 4.36 Å². The predicted molar refractivity (Wildman–Crippen MR) is 126 cm³/mol. The van der Waals surface area contributed by atoms with Gasteiger partial charge >= 0.3 is 6.03 Å².